The van der Waals surface area contributed by atoms with E-state index < -0.39 is 0 Å². The summed E-state index contributed by atoms with van der Waals surface area (Å²) in [6.07, 6.45) is 1.99. The van der Waals surface area contributed by atoms with Crippen molar-refractivity contribution in [2.45, 2.75) is 6.92 Å². The summed E-state index contributed by atoms with van der Waals surface area (Å²) < 4.78 is 7.59. The molecular formula is C15H12Br2N2O. The maximum Gasteiger partial charge on any atom is 0.155 e. The third kappa shape index (κ3) is 2.43. The quantitative estimate of drug-likeness (QED) is 0.572. The summed E-state index contributed by atoms with van der Waals surface area (Å²) in [4.78, 5) is 3.22. The van der Waals surface area contributed by atoms with Gasteiger partial charge >= 0.3 is 0 Å². The van der Waals surface area contributed by atoms with Crippen molar-refractivity contribution in [1.29, 1.82) is 0 Å². The molecule has 0 aliphatic carbocycles. The Balaban J connectivity index is 2.03. The van der Waals surface area contributed by atoms with Gasteiger partial charge < -0.3 is 15.5 Å². The topological polar surface area (TPSA) is 51.0 Å². The first-order valence-corrected chi connectivity index (χ1v) is 7.63. The zero-order chi connectivity index (χ0) is 14.3. The van der Waals surface area contributed by atoms with E-state index in [4.69, 9.17) is 10.5 Å². The van der Waals surface area contributed by atoms with E-state index in [0.717, 1.165) is 25.6 Å². The Bertz CT molecular complexity index is 773. The van der Waals surface area contributed by atoms with Crippen LogP contribution in [0.3, 0.4) is 0 Å². The number of nitrogens with two attached hydrogens (primary N) is 1. The van der Waals surface area contributed by atoms with Crippen molar-refractivity contribution in [3.05, 3.63) is 51.0 Å². The van der Waals surface area contributed by atoms with Crippen LogP contribution in [-0.2, 0) is 0 Å². The number of aryl methyl sites for hydroxylation is 1. The number of hydrogen-bond acceptors (Lipinski definition) is 2. The minimum absolute atomic E-state index is 0.674. The smallest absolute Gasteiger partial charge is 0.155 e. The first kappa shape index (κ1) is 13.5. The van der Waals surface area contributed by atoms with E-state index in [0.29, 0.717) is 11.4 Å². The van der Waals surface area contributed by atoms with Crippen molar-refractivity contribution >= 4 is 48.5 Å². The fraction of sp³-hybridized carbons (Fsp3) is 0.0667. The molecule has 20 heavy (non-hydrogen) atoms. The standard InChI is InChI=1S/C15H12Br2N2O/c1-8-7-19-14-3-2-10(6-11(8)14)20-15-12(16)4-9(18)5-13(15)17/h2-7,19H,18H2,1H3. The fourth-order valence-electron chi connectivity index (χ4n) is 2.10. The van der Waals surface area contributed by atoms with E-state index in [9.17, 15) is 0 Å². The van der Waals surface area contributed by atoms with E-state index in [1.165, 1.54) is 5.56 Å². The number of rotatable bonds is 2. The summed E-state index contributed by atoms with van der Waals surface area (Å²) in [5.41, 5.74) is 8.75. The molecular weight excluding hydrogens is 384 g/mol. The minimum atomic E-state index is 0.674. The van der Waals surface area contributed by atoms with Gasteiger partial charge in [0.05, 0.1) is 8.95 Å². The van der Waals surface area contributed by atoms with E-state index in [2.05, 4.69) is 43.8 Å². The second-order valence-electron chi connectivity index (χ2n) is 4.59. The Morgan fingerprint density at radius 1 is 1.10 bits per heavy atom. The molecule has 3 N–H and O–H groups in total. The SMILES string of the molecule is Cc1c[nH]c2ccc(Oc3c(Br)cc(N)cc3Br)cc12. The largest absolute Gasteiger partial charge is 0.455 e. The van der Waals surface area contributed by atoms with Gasteiger partial charge in [0, 0.05) is 22.8 Å². The molecule has 0 fully saturated rings. The van der Waals surface area contributed by atoms with Gasteiger partial charge in [0.1, 0.15) is 5.75 Å². The number of ether oxygens (including phenoxy) is 1. The molecule has 0 unspecified atom stereocenters. The van der Waals surface area contributed by atoms with Gasteiger partial charge in [0.15, 0.2) is 5.75 Å². The number of fused-ring (bicyclic) bond motifs is 1. The normalized spacial score (nSPS) is 10.9. The Morgan fingerprint density at radius 3 is 2.50 bits per heavy atom. The number of aromatic nitrogens is 1. The van der Waals surface area contributed by atoms with Crippen LogP contribution in [0.1, 0.15) is 5.56 Å². The second-order valence-corrected chi connectivity index (χ2v) is 6.30. The zero-order valence-electron chi connectivity index (χ0n) is 10.7. The number of H-pyrrole nitrogens is 1. The first-order valence-electron chi connectivity index (χ1n) is 6.04. The van der Waals surface area contributed by atoms with Crippen LogP contribution in [0.2, 0.25) is 0 Å². The highest BCUT2D eigenvalue weighted by atomic mass is 79.9. The van der Waals surface area contributed by atoms with Crippen molar-refractivity contribution in [2.75, 3.05) is 5.73 Å². The molecule has 0 spiro atoms. The van der Waals surface area contributed by atoms with Gasteiger partial charge in [0.2, 0.25) is 0 Å². The average molecular weight is 396 g/mol. The van der Waals surface area contributed by atoms with Crippen molar-refractivity contribution in [2.24, 2.45) is 0 Å². The molecule has 102 valence electrons. The summed E-state index contributed by atoms with van der Waals surface area (Å²) in [5, 5.41) is 1.16. The predicted molar refractivity (Wildman–Crippen MR) is 89.4 cm³/mol. The molecule has 5 heteroatoms. The van der Waals surface area contributed by atoms with Crippen LogP contribution in [0, 0.1) is 6.92 Å². The van der Waals surface area contributed by atoms with Gasteiger partial charge in [-0.1, -0.05) is 0 Å². The number of halogens is 2. The first-order chi connectivity index (χ1) is 9.54. The zero-order valence-corrected chi connectivity index (χ0v) is 13.9. The number of hydrogen-bond donors (Lipinski definition) is 2. The molecule has 0 aliphatic heterocycles. The maximum absolute atomic E-state index is 5.96. The van der Waals surface area contributed by atoms with Crippen LogP contribution in [0.25, 0.3) is 10.9 Å². The van der Waals surface area contributed by atoms with Gasteiger partial charge in [-0.3, -0.25) is 0 Å². The number of aromatic amines is 1. The van der Waals surface area contributed by atoms with Crippen molar-refractivity contribution in [1.82, 2.24) is 4.98 Å². The van der Waals surface area contributed by atoms with Gasteiger partial charge in [0.25, 0.3) is 0 Å². The summed E-state index contributed by atoms with van der Waals surface area (Å²) in [5.74, 6) is 1.50. The number of anilines is 1. The fourth-order valence-corrected chi connectivity index (χ4v) is 3.48. The molecule has 1 heterocycles. The molecule has 0 amide bonds. The molecule has 3 nitrogen and oxygen atoms in total. The third-order valence-electron chi connectivity index (χ3n) is 3.10. The number of nitrogens with one attached hydrogen (secondary N) is 1. The third-order valence-corrected chi connectivity index (χ3v) is 4.28. The predicted octanol–water partition coefficient (Wildman–Crippen LogP) is 5.38. The number of nitrogen functional groups attached to an aromatic ring is 1. The molecule has 0 bridgehead atoms. The molecule has 3 aromatic rings. The molecule has 0 atom stereocenters. The van der Waals surface area contributed by atoms with Crippen LogP contribution in [-0.4, -0.2) is 4.98 Å². The highest BCUT2D eigenvalue weighted by Gasteiger charge is 2.10. The monoisotopic (exact) mass is 394 g/mol. The lowest BCUT2D eigenvalue weighted by Crippen LogP contribution is -1.90. The van der Waals surface area contributed by atoms with E-state index in [-0.39, 0.29) is 0 Å². The minimum Gasteiger partial charge on any atom is -0.455 e. The highest BCUT2D eigenvalue weighted by molar-refractivity contribution is 9.11. The van der Waals surface area contributed by atoms with E-state index in [1.807, 2.05) is 36.5 Å². The second kappa shape index (κ2) is 5.14. The molecule has 2 aromatic carbocycles. The lowest BCUT2D eigenvalue weighted by atomic mass is 10.2. The van der Waals surface area contributed by atoms with E-state index >= 15 is 0 Å². The molecule has 0 radical (unpaired) electrons. The Labute approximate surface area is 133 Å². The molecule has 3 rings (SSSR count). The lowest BCUT2D eigenvalue weighted by Gasteiger charge is -2.11. The van der Waals surface area contributed by atoms with Gasteiger partial charge in [-0.15, -0.1) is 0 Å². The van der Waals surface area contributed by atoms with Crippen molar-refractivity contribution in [3.63, 3.8) is 0 Å². The maximum atomic E-state index is 5.96. The summed E-state index contributed by atoms with van der Waals surface area (Å²) >= 11 is 6.94. The molecule has 0 saturated carbocycles. The van der Waals surface area contributed by atoms with E-state index in [1.54, 1.807) is 0 Å². The summed E-state index contributed by atoms with van der Waals surface area (Å²) in [7, 11) is 0. The van der Waals surface area contributed by atoms with Crippen LogP contribution >= 0.6 is 31.9 Å². The molecule has 0 aliphatic rings. The highest BCUT2D eigenvalue weighted by Crippen LogP contribution is 2.39. The van der Waals surface area contributed by atoms with Crippen LogP contribution in [0.4, 0.5) is 5.69 Å². The molecule has 0 saturated heterocycles. The average Bonchev–Trinajstić information content (AvgIpc) is 2.75. The lowest BCUT2D eigenvalue weighted by molar-refractivity contribution is 0.477. The Kier molecular flexibility index (Phi) is 3.48. The Morgan fingerprint density at radius 2 is 1.80 bits per heavy atom. The van der Waals surface area contributed by atoms with Crippen LogP contribution < -0.4 is 10.5 Å². The Hall–Kier alpha value is -1.46. The summed E-state index contributed by atoms with van der Waals surface area (Å²) in [6, 6.07) is 9.61. The summed E-state index contributed by atoms with van der Waals surface area (Å²) in [6.45, 7) is 2.07. The van der Waals surface area contributed by atoms with Crippen LogP contribution in [0.5, 0.6) is 11.5 Å². The van der Waals surface area contributed by atoms with Crippen molar-refractivity contribution in [3.8, 4) is 11.5 Å². The van der Waals surface area contributed by atoms with Crippen LogP contribution in [0.15, 0.2) is 45.5 Å². The van der Waals surface area contributed by atoms with Gasteiger partial charge in [-0.25, -0.2) is 0 Å². The van der Waals surface area contributed by atoms with Crippen molar-refractivity contribution < 1.29 is 4.74 Å². The van der Waals surface area contributed by atoms with Gasteiger partial charge in [-0.2, -0.15) is 0 Å². The molecule has 1 aromatic heterocycles. The number of benzene rings is 2. The van der Waals surface area contributed by atoms with Gasteiger partial charge in [-0.05, 0) is 74.7 Å².